The molecule has 1 N–H and O–H groups in total. The maximum atomic E-state index is 12.4. The molecule has 0 saturated carbocycles. The summed E-state index contributed by atoms with van der Waals surface area (Å²) in [6.45, 7) is 1.62. The van der Waals surface area contributed by atoms with Crippen LogP contribution in [0.3, 0.4) is 0 Å². The molecule has 1 heterocycles. The first kappa shape index (κ1) is 17.4. The maximum Gasteiger partial charge on any atom is 0.254 e. The number of hydrogen-bond donors (Lipinski definition) is 1. The summed E-state index contributed by atoms with van der Waals surface area (Å²) in [5.41, 5.74) is 1.83. The van der Waals surface area contributed by atoms with Gasteiger partial charge in [-0.3, -0.25) is 14.2 Å². The van der Waals surface area contributed by atoms with Gasteiger partial charge >= 0.3 is 0 Å². The summed E-state index contributed by atoms with van der Waals surface area (Å²) >= 11 is 0. The number of methoxy groups -OCH3 is 1. The van der Waals surface area contributed by atoms with Gasteiger partial charge in [0.25, 0.3) is 5.56 Å². The van der Waals surface area contributed by atoms with Crippen molar-refractivity contribution >= 4 is 11.6 Å². The summed E-state index contributed by atoms with van der Waals surface area (Å²) in [5.74, 6) is 0.895. The van der Waals surface area contributed by atoms with Gasteiger partial charge in [-0.05, 0) is 31.2 Å². The van der Waals surface area contributed by atoms with Gasteiger partial charge in [-0.15, -0.1) is 0 Å². The number of rotatable bonds is 5. The van der Waals surface area contributed by atoms with Crippen LogP contribution in [0.2, 0.25) is 0 Å². The van der Waals surface area contributed by atoms with Crippen molar-refractivity contribution in [3.05, 3.63) is 76.8 Å². The van der Waals surface area contributed by atoms with Gasteiger partial charge in [0.15, 0.2) is 0 Å². The van der Waals surface area contributed by atoms with Crippen LogP contribution in [0.1, 0.15) is 5.82 Å². The van der Waals surface area contributed by atoms with Crippen LogP contribution in [0.25, 0.3) is 11.3 Å². The fourth-order valence-electron chi connectivity index (χ4n) is 2.59. The average Bonchev–Trinajstić information content (AvgIpc) is 2.66. The molecule has 6 nitrogen and oxygen atoms in total. The van der Waals surface area contributed by atoms with E-state index in [1.807, 2.05) is 30.3 Å². The topological polar surface area (TPSA) is 73.2 Å². The van der Waals surface area contributed by atoms with Crippen LogP contribution in [0.5, 0.6) is 5.75 Å². The number of anilines is 1. The van der Waals surface area contributed by atoms with E-state index in [-0.39, 0.29) is 18.0 Å². The highest BCUT2D eigenvalue weighted by molar-refractivity contribution is 5.90. The van der Waals surface area contributed by atoms with E-state index in [4.69, 9.17) is 4.74 Å². The van der Waals surface area contributed by atoms with Crippen molar-refractivity contribution in [3.63, 3.8) is 0 Å². The van der Waals surface area contributed by atoms with Crippen LogP contribution >= 0.6 is 0 Å². The largest absolute Gasteiger partial charge is 0.497 e. The Morgan fingerprint density at radius 3 is 2.42 bits per heavy atom. The molecular weight excluding hydrogens is 330 g/mol. The summed E-state index contributed by atoms with van der Waals surface area (Å²) in [7, 11) is 1.58. The molecule has 0 saturated heterocycles. The molecule has 0 radical (unpaired) electrons. The van der Waals surface area contributed by atoms with Crippen molar-refractivity contribution in [2.45, 2.75) is 13.5 Å². The number of aromatic nitrogens is 2. The molecule has 6 heteroatoms. The summed E-state index contributed by atoms with van der Waals surface area (Å²) in [6.07, 6.45) is 0. The van der Waals surface area contributed by atoms with Crippen LogP contribution in [0.4, 0.5) is 5.69 Å². The van der Waals surface area contributed by atoms with E-state index in [1.54, 1.807) is 38.3 Å². The number of ether oxygens (including phenoxy) is 1. The summed E-state index contributed by atoms with van der Waals surface area (Å²) in [4.78, 5) is 29.2. The lowest BCUT2D eigenvalue weighted by atomic mass is 10.1. The minimum atomic E-state index is -0.297. The number of carbonyl (C=O) groups is 1. The number of nitrogens with zero attached hydrogens (tertiary/aromatic N) is 2. The Bertz CT molecular complexity index is 964. The molecule has 0 aliphatic heterocycles. The number of nitrogens with one attached hydrogen (secondary N) is 1. The molecule has 26 heavy (non-hydrogen) atoms. The molecule has 1 amide bonds. The average molecular weight is 349 g/mol. The normalized spacial score (nSPS) is 10.4. The Balaban J connectivity index is 1.76. The molecule has 0 fully saturated rings. The molecule has 0 unspecified atom stereocenters. The molecule has 2 aromatic carbocycles. The van der Waals surface area contributed by atoms with Gasteiger partial charge in [0.05, 0.1) is 12.8 Å². The maximum absolute atomic E-state index is 12.4. The Morgan fingerprint density at radius 1 is 1.12 bits per heavy atom. The Kier molecular flexibility index (Phi) is 5.12. The van der Waals surface area contributed by atoms with Crippen LogP contribution in [0, 0.1) is 6.92 Å². The van der Waals surface area contributed by atoms with Crippen molar-refractivity contribution in [1.29, 1.82) is 0 Å². The molecule has 0 atom stereocenters. The lowest BCUT2D eigenvalue weighted by Gasteiger charge is -2.11. The number of hydrogen-bond acceptors (Lipinski definition) is 4. The number of carbonyl (C=O) groups excluding carboxylic acids is 1. The smallest absolute Gasteiger partial charge is 0.254 e. The molecule has 0 bridgehead atoms. The molecule has 0 aliphatic carbocycles. The van der Waals surface area contributed by atoms with Crippen LogP contribution in [-0.2, 0) is 11.3 Å². The number of benzene rings is 2. The highest BCUT2D eigenvalue weighted by Gasteiger charge is 2.11. The minimum Gasteiger partial charge on any atom is -0.497 e. The van der Waals surface area contributed by atoms with Gasteiger partial charge in [0.2, 0.25) is 5.91 Å². The summed E-state index contributed by atoms with van der Waals surface area (Å²) in [5, 5.41) is 2.76. The second kappa shape index (κ2) is 7.65. The second-order valence-corrected chi connectivity index (χ2v) is 5.76. The van der Waals surface area contributed by atoms with E-state index < -0.39 is 0 Å². The van der Waals surface area contributed by atoms with Crippen molar-refractivity contribution in [3.8, 4) is 17.0 Å². The van der Waals surface area contributed by atoms with E-state index >= 15 is 0 Å². The highest BCUT2D eigenvalue weighted by atomic mass is 16.5. The Morgan fingerprint density at radius 2 is 1.81 bits per heavy atom. The minimum absolute atomic E-state index is 0.0984. The molecule has 3 rings (SSSR count). The molecule has 3 aromatic rings. The van der Waals surface area contributed by atoms with Crippen molar-refractivity contribution < 1.29 is 9.53 Å². The fourth-order valence-corrected chi connectivity index (χ4v) is 2.59. The van der Waals surface area contributed by atoms with Crippen LogP contribution in [-0.4, -0.2) is 22.6 Å². The van der Waals surface area contributed by atoms with Gasteiger partial charge in [-0.2, -0.15) is 0 Å². The van der Waals surface area contributed by atoms with E-state index in [0.29, 0.717) is 23.0 Å². The predicted molar refractivity (Wildman–Crippen MR) is 100 cm³/mol. The van der Waals surface area contributed by atoms with Crippen molar-refractivity contribution in [2.75, 3.05) is 12.4 Å². The molecule has 0 spiro atoms. The number of aryl methyl sites for hydroxylation is 1. The lowest BCUT2D eigenvalue weighted by Crippen LogP contribution is -2.29. The first-order valence-electron chi connectivity index (χ1n) is 8.14. The summed E-state index contributed by atoms with van der Waals surface area (Å²) in [6, 6.07) is 17.9. The predicted octanol–water partition coefficient (Wildman–Crippen LogP) is 2.87. The van der Waals surface area contributed by atoms with Gasteiger partial charge < -0.3 is 10.1 Å². The third-order valence-corrected chi connectivity index (χ3v) is 3.94. The van der Waals surface area contributed by atoms with Gasteiger partial charge in [0.1, 0.15) is 18.1 Å². The quantitative estimate of drug-likeness (QED) is 0.769. The monoisotopic (exact) mass is 349 g/mol. The molecule has 0 aliphatic rings. The standard InChI is InChI=1S/C20H19N3O3/c1-14-21-18(15-6-4-3-5-7-15)12-20(25)23(14)13-19(24)22-16-8-10-17(26-2)11-9-16/h3-12H,13H2,1-2H3,(H,22,24). The van der Waals surface area contributed by atoms with Gasteiger partial charge in [-0.25, -0.2) is 4.98 Å². The zero-order valence-electron chi connectivity index (χ0n) is 14.6. The SMILES string of the molecule is COc1ccc(NC(=O)Cn2c(C)nc(-c3ccccc3)cc2=O)cc1. The van der Waals surface area contributed by atoms with Crippen molar-refractivity contribution in [1.82, 2.24) is 9.55 Å². The van der Waals surface area contributed by atoms with Crippen LogP contribution in [0.15, 0.2) is 65.5 Å². The van der Waals surface area contributed by atoms with E-state index in [1.165, 1.54) is 10.6 Å². The Hall–Kier alpha value is -3.41. The zero-order chi connectivity index (χ0) is 18.5. The van der Waals surface area contributed by atoms with E-state index in [9.17, 15) is 9.59 Å². The molecule has 1 aromatic heterocycles. The third-order valence-electron chi connectivity index (χ3n) is 3.94. The van der Waals surface area contributed by atoms with Crippen molar-refractivity contribution in [2.24, 2.45) is 0 Å². The van der Waals surface area contributed by atoms with Gasteiger partial charge in [-0.1, -0.05) is 30.3 Å². The molecular formula is C20H19N3O3. The zero-order valence-corrected chi connectivity index (χ0v) is 14.6. The first-order valence-corrected chi connectivity index (χ1v) is 8.14. The van der Waals surface area contributed by atoms with E-state index in [2.05, 4.69) is 10.3 Å². The first-order chi connectivity index (χ1) is 12.6. The number of amides is 1. The summed E-state index contributed by atoms with van der Waals surface area (Å²) < 4.78 is 6.43. The van der Waals surface area contributed by atoms with E-state index in [0.717, 1.165) is 5.56 Å². The highest BCUT2D eigenvalue weighted by Crippen LogP contribution is 2.16. The fraction of sp³-hybridized carbons (Fsp3) is 0.150. The molecule has 132 valence electrons. The second-order valence-electron chi connectivity index (χ2n) is 5.76. The lowest BCUT2D eigenvalue weighted by molar-refractivity contribution is -0.116. The van der Waals surface area contributed by atoms with Crippen LogP contribution < -0.4 is 15.6 Å². The van der Waals surface area contributed by atoms with Gasteiger partial charge in [0, 0.05) is 17.3 Å². The Labute approximate surface area is 151 Å². The third kappa shape index (κ3) is 3.97.